The van der Waals surface area contributed by atoms with Crippen LogP contribution in [0.4, 0.5) is 0 Å². The molecular weight excluding hydrogens is 198 g/mol. The molecule has 1 unspecified atom stereocenters. The van der Waals surface area contributed by atoms with Gasteiger partial charge in [0.2, 0.25) is 5.91 Å². The summed E-state index contributed by atoms with van der Waals surface area (Å²) in [6.07, 6.45) is 0. The van der Waals surface area contributed by atoms with E-state index in [0.29, 0.717) is 6.54 Å². The highest BCUT2D eigenvalue weighted by Gasteiger charge is 2.19. The Balaban J connectivity index is 4.04. The molecule has 0 aliphatic carbocycles. The van der Waals surface area contributed by atoms with Crippen molar-refractivity contribution >= 4 is 11.9 Å². The largest absolute Gasteiger partial charge is 0.480 e. The molecular formula is C9H19N3O3. The lowest BCUT2D eigenvalue weighted by Gasteiger charge is -2.21. The van der Waals surface area contributed by atoms with Gasteiger partial charge in [-0.1, -0.05) is 0 Å². The van der Waals surface area contributed by atoms with Crippen molar-refractivity contribution in [2.45, 2.75) is 13.0 Å². The number of carboxylic acids is 1. The zero-order valence-corrected chi connectivity index (χ0v) is 9.41. The minimum Gasteiger partial charge on any atom is -0.480 e. The highest BCUT2D eigenvalue weighted by Crippen LogP contribution is 1.90. The molecule has 0 heterocycles. The van der Waals surface area contributed by atoms with Crippen LogP contribution in [-0.4, -0.2) is 61.7 Å². The highest BCUT2D eigenvalue weighted by atomic mass is 16.4. The number of hydrogen-bond acceptors (Lipinski definition) is 4. The number of carbonyl (C=O) groups is 2. The van der Waals surface area contributed by atoms with E-state index < -0.39 is 12.0 Å². The Kier molecular flexibility index (Phi) is 6.64. The van der Waals surface area contributed by atoms with Gasteiger partial charge in [0, 0.05) is 26.6 Å². The van der Waals surface area contributed by atoms with Crippen LogP contribution in [0.2, 0.25) is 0 Å². The van der Waals surface area contributed by atoms with Crippen molar-refractivity contribution in [3.8, 4) is 0 Å². The number of carboxylic acid groups (broad SMARTS) is 1. The molecule has 0 aromatic carbocycles. The lowest BCUT2D eigenvalue weighted by atomic mass is 10.2. The van der Waals surface area contributed by atoms with E-state index in [2.05, 4.69) is 10.6 Å². The molecule has 1 atom stereocenters. The van der Waals surface area contributed by atoms with E-state index in [1.54, 1.807) is 0 Å². The number of nitrogens with zero attached hydrogens (tertiary/aromatic N) is 1. The normalized spacial score (nSPS) is 12.5. The standard InChI is InChI=1S/C9H19N3O3/c1-7(13)11-8(9(14)15)6-12(3)5-4-10-2/h8,10H,4-6H2,1-3H3,(H,11,13)(H,14,15). The molecule has 0 saturated heterocycles. The molecule has 6 heteroatoms. The molecule has 0 saturated carbocycles. The van der Waals surface area contributed by atoms with Crippen LogP contribution in [0, 0.1) is 0 Å². The van der Waals surface area contributed by atoms with Crippen molar-refractivity contribution in [1.29, 1.82) is 0 Å². The second-order valence-corrected chi connectivity index (χ2v) is 3.46. The number of aliphatic carboxylic acids is 1. The predicted octanol–water partition coefficient (Wildman–Crippen LogP) is -1.27. The van der Waals surface area contributed by atoms with Crippen LogP contribution in [0.5, 0.6) is 0 Å². The van der Waals surface area contributed by atoms with Crippen LogP contribution in [0.25, 0.3) is 0 Å². The number of carbonyl (C=O) groups excluding carboxylic acids is 1. The first kappa shape index (κ1) is 13.9. The number of hydrogen-bond donors (Lipinski definition) is 3. The van der Waals surface area contributed by atoms with Gasteiger partial charge in [-0.25, -0.2) is 4.79 Å². The summed E-state index contributed by atoms with van der Waals surface area (Å²) in [4.78, 5) is 23.4. The topological polar surface area (TPSA) is 81.7 Å². The summed E-state index contributed by atoms with van der Waals surface area (Å²) in [6, 6.07) is -0.843. The van der Waals surface area contributed by atoms with E-state index in [0.717, 1.165) is 13.1 Å². The maximum absolute atomic E-state index is 10.8. The first-order valence-electron chi connectivity index (χ1n) is 4.80. The third-order valence-corrected chi connectivity index (χ3v) is 1.91. The van der Waals surface area contributed by atoms with E-state index in [1.165, 1.54) is 6.92 Å². The van der Waals surface area contributed by atoms with Gasteiger partial charge in [-0.15, -0.1) is 0 Å². The Morgan fingerprint density at radius 1 is 1.47 bits per heavy atom. The Labute approximate surface area is 89.6 Å². The third-order valence-electron chi connectivity index (χ3n) is 1.91. The van der Waals surface area contributed by atoms with Crippen molar-refractivity contribution in [2.75, 3.05) is 33.7 Å². The lowest BCUT2D eigenvalue weighted by molar-refractivity contribution is -0.142. The molecule has 0 aromatic rings. The fourth-order valence-corrected chi connectivity index (χ4v) is 1.14. The summed E-state index contributed by atoms with van der Waals surface area (Å²) < 4.78 is 0. The molecule has 88 valence electrons. The van der Waals surface area contributed by atoms with Crippen LogP contribution in [0.3, 0.4) is 0 Å². The first-order valence-corrected chi connectivity index (χ1v) is 4.80. The molecule has 3 N–H and O–H groups in total. The van der Waals surface area contributed by atoms with Gasteiger partial charge in [-0.05, 0) is 14.1 Å². The Bertz CT molecular complexity index is 221. The van der Waals surface area contributed by atoms with Crippen molar-refractivity contribution in [3.63, 3.8) is 0 Å². The van der Waals surface area contributed by atoms with Crippen molar-refractivity contribution in [3.05, 3.63) is 0 Å². The van der Waals surface area contributed by atoms with Gasteiger partial charge in [0.05, 0.1) is 0 Å². The highest BCUT2D eigenvalue weighted by molar-refractivity contribution is 5.82. The second kappa shape index (κ2) is 7.19. The minimum absolute atomic E-state index is 0.302. The molecule has 0 aliphatic rings. The van der Waals surface area contributed by atoms with Gasteiger partial charge in [-0.3, -0.25) is 4.79 Å². The summed E-state index contributed by atoms with van der Waals surface area (Å²) >= 11 is 0. The summed E-state index contributed by atoms with van der Waals surface area (Å²) in [5.41, 5.74) is 0. The average Bonchev–Trinajstić information content (AvgIpc) is 2.12. The first-order chi connectivity index (χ1) is 6.97. The quantitative estimate of drug-likeness (QED) is 0.495. The Morgan fingerprint density at radius 2 is 2.07 bits per heavy atom. The summed E-state index contributed by atoms with van der Waals surface area (Å²) in [5, 5.41) is 14.2. The van der Waals surface area contributed by atoms with Crippen LogP contribution >= 0.6 is 0 Å². The molecule has 0 fully saturated rings. The SMILES string of the molecule is CNCCN(C)CC(NC(C)=O)C(=O)O. The van der Waals surface area contributed by atoms with Crippen LogP contribution < -0.4 is 10.6 Å². The average molecular weight is 217 g/mol. The molecule has 0 spiro atoms. The van der Waals surface area contributed by atoms with Crippen molar-refractivity contribution in [1.82, 2.24) is 15.5 Å². The van der Waals surface area contributed by atoms with Gasteiger partial charge < -0.3 is 20.6 Å². The lowest BCUT2D eigenvalue weighted by Crippen LogP contribution is -2.47. The number of amides is 1. The maximum atomic E-state index is 10.8. The van der Waals surface area contributed by atoms with Gasteiger partial charge in [0.15, 0.2) is 0 Å². The number of rotatable bonds is 7. The monoisotopic (exact) mass is 217 g/mol. The number of nitrogens with one attached hydrogen (secondary N) is 2. The van der Waals surface area contributed by atoms with Crippen molar-refractivity contribution < 1.29 is 14.7 Å². The summed E-state index contributed by atoms with van der Waals surface area (Å²) in [5.74, 6) is -1.34. The zero-order chi connectivity index (χ0) is 11.8. The molecule has 0 rings (SSSR count). The fraction of sp³-hybridized carbons (Fsp3) is 0.778. The smallest absolute Gasteiger partial charge is 0.327 e. The molecule has 0 aliphatic heterocycles. The predicted molar refractivity (Wildman–Crippen MR) is 56.7 cm³/mol. The van der Waals surface area contributed by atoms with Gasteiger partial charge >= 0.3 is 5.97 Å². The van der Waals surface area contributed by atoms with Gasteiger partial charge in [0.1, 0.15) is 6.04 Å². The van der Waals surface area contributed by atoms with Gasteiger partial charge in [0.25, 0.3) is 0 Å². The number of likely N-dealkylation sites (N-methyl/N-ethyl adjacent to an activating group) is 2. The second-order valence-electron chi connectivity index (χ2n) is 3.46. The van der Waals surface area contributed by atoms with Crippen molar-refractivity contribution in [2.24, 2.45) is 0 Å². The molecule has 0 bridgehead atoms. The van der Waals surface area contributed by atoms with Crippen LogP contribution in [0.1, 0.15) is 6.92 Å². The molecule has 6 nitrogen and oxygen atoms in total. The molecule has 0 aromatic heterocycles. The van der Waals surface area contributed by atoms with E-state index in [1.807, 2.05) is 19.0 Å². The summed E-state index contributed by atoms with van der Waals surface area (Å²) in [7, 11) is 3.64. The minimum atomic E-state index is -1.01. The van der Waals surface area contributed by atoms with Crippen LogP contribution in [-0.2, 0) is 9.59 Å². The van der Waals surface area contributed by atoms with E-state index in [-0.39, 0.29) is 5.91 Å². The summed E-state index contributed by atoms with van der Waals surface area (Å²) in [6.45, 7) is 3.13. The van der Waals surface area contributed by atoms with E-state index >= 15 is 0 Å². The third kappa shape index (κ3) is 6.87. The Hall–Kier alpha value is -1.14. The zero-order valence-electron chi connectivity index (χ0n) is 9.41. The fourth-order valence-electron chi connectivity index (χ4n) is 1.14. The molecule has 1 amide bonds. The molecule has 15 heavy (non-hydrogen) atoms. The van der Waals surface area contributed by atoms with Crippen LogP contribution in [0.15, 0.2) is 0 Å². The maximum Gasteiger partial charge on any atom is 0.327 e. The van der Waals surface area contributed by atoms with E-state index in [4.69, 9.17) is 5.11 Å². The van der Waals surface area contributed by atoms with E-state index in [9.17, 15) is 9.59 Å². The molecule has 0 radical (unpaired) electrons. The Morgan fingerprint density at radius 3 is 2.47 bits per heavy atom. The van der Waals surface area contributed by atoms with Gasteiger partial charge in [-0.2, -0.15) is 0 Å².